The predicted molar refractivity (Wildman–Crippen MR) is 68.5 cm³/mol. The molecule has 0 amide bonds. The molecule has 0 aliphatic carbocycles. The van der Waals surface area contributed by atoms with Gasteiger partial charge in [-0.05, 0) is 31.5 Å². The van der Waals surface area contributed by atoms with Gasteiger partial charge < -0.3 is 4.74 Å². The Morgan fingerprint density at radius 2 is 1.56 bits per heavy atom. The van der Waals surface area contributed by atoms with Crippen LogP contribution in [0.4, 0.5) is 0 Å². The SMILES string of the molecule is COC.c1ccc(CN2CCCCC2)cc1. The van der Waals surface area contributed by atoms with E-state index < -0.39 is 0 Å². The first kappa shape index (κ1) is 13.2. The molecule has 0 atom stereocenters. The van der Waals surface area contributed by atoms with Gasteiger partial charge in [0.15, 0.2) is 0 Å². The maximum absolute atomic E-state index is 4.25. The fourth-order valence-electron chi connectivity index (χ4n) is 1.96. The summed E-state index contributed by atoms with van der Waals surface area (Å²) in [7, 11) is 3.25. The smallest absolute Gasteiger partial charge is 0.0351 e. The van der Waals surface area contributed by atoms with E-state index in [1.807, 2.05) is 0 Å². The van der Waals surface area contributed by atoms with Gasteiger partial charge in [-0.1, -0.05) is 36.8 Å². The third kappa shape index (κ3) is 5.29. The van der Waals surface area contributed by atoms with Crippen molar-refractivity contribution in [2.75, 3.05) is 27.3 Å². The van der Waals surface area contributed by atoms with E-state index in [-0.39, 0.29) is 0 Å². The lowest BCUT2D eigenvalue weighted by atomic mass is 10.1. The van der Waals surface area contributed by atoms with Gasteiger partial charge >= 0.3 is 0 Å². The highest BCUT2D eigenvalue weighted by Crippen LogP contribution is 2.12. The Morgan fingerprint density at radius 1 is 1.00 bits per heavy atom. The van der Waals surface area contributed by atoms with Gasteiger partial charge in [-0.3, -0.25) is 4.90 Å². The highest BCUT2D eigenvalue weighted by atomic mass is 16.4. The van der Waals surface area contributed by atoms with Gasteiger partial charge in [-0.15, -0.1) is 0 Å². The van der Waals surface area contributed by atoms with Crippen molar-refractivity contribution in [1.29, 1.82) is 0 Å². The van der Waals surface area contributed by atoms with Crippen LogP contribution in [0, 0.1) is 0 Å². The van der Waals surface area contributed by atoms with Crippen LogP contribution >= 0.6 is 0 Å². The summed E-state index contributed by atoms with van der Waals surface area (Å²) in [5.41, 5.74) is 1.45. The molecule has 1 saturated heterocycles. The summed E-state index contributed by atoms with van der Waals surface area (Å²) in [6, 6.07) is 10.8. The summed E-state index contributed by atoms with van der Waals surface area (Å²) in [6.45, 7) is 3.71. The maximum atomic E-state index is 4.25. The van der Waals surface area contributed by atoms with Crippen LogP contribution in [-0.2, 0) is 11.3 Å². The van der Waals surface area contributed by atoms with Crippen molar-refractivity contribution < 1.29 is 4.74 Å². The van der Waals surface area contributed by atoms with E-state index in [9.17, 15) is 0 Å². The molecule has 0 aromatic heterocycles. The first-order chi connectivity index (χ1) is 7.86. The van der Waals surface area contributed by atoms with E-state index in [2.05, 4.69) is 40.0 Å². The van der Waals surface area contributed by atoms with Crippen molar-refractivity contribution in [2.45, 2.75) is 25.8 Å². The van der Waals surface area contributed by atoms with Gasteiger partial charge in [0.2, 0.25) is 0 Å². The molecule has 0 N–H and O–H groups in total. The molecule has 2 nitrogen and oxygen atoms in total. The molecule has 90 valence electrons. The fraction of sp³-hybridized carbons (Fsp3) is 0.571. The largest absolute Gasteiger partial charge is 0.388 e. The van der Waals surface area contributed by atoms with Crippen LogP contribution in [0.1, 0.15) is 24.8 Å². The molecule has 1 aromatic rings. The second kappa shape index (κ2) is 8.31. The monoisotopic (exact) mass is 221 g/mol. The molecule has 0 saturated carbocycles. The van der Waals surface area contributed by atoms with Crippen LogP contribution in [-0.4, -0.2) is 32.2 Å². The van der Waals surface area contributed by atoms with Crippen molar-refractivity contribution in [3.8, 4) is 0 Å². The van der Waals surface area contributed by atoms with E-state index >= 15 is 0 Å². The van der Waals surface area contributed by atoms with Gasteiger partial charge in [-0.25, -0.2) is 0 Å². The molecule has 1 fully saturated rings. The molecule has 16 heavy (non-hydrogen) atoms. The van der Waals surface area contributed by atoms with Gasteiger partial charge in [-0.2, -0.15) is 0 Å². The molecule has 0 spiro atoms. The van der Waals surface area contributed by atoms with Crippen LogP contribution in [0.15, 0.2) is 30.3 Å². The molecule has 1 aliphatic rings. The molecule has 0 radical (unpaired) electrons. The Labute approximate surface area is 99.2 Å². The molecule has 1 heterocycles. The third-order valence-corrected chi connectivity index (χ3v) is 2.70. The predicted octanol–water partition coefficient (Wildman–Crippen LogP) is 2.94. The number of rotatable bonds is 2. The second-order valence-corrected chi connectivity index (χ2v) is 4.23. The Balaban J connectivity index is 0.000000386. The highest BCUT2D eigenvalue weighted by molar-refractivity contribution is 5.14. The number of hydrogen-bond acceptors (Lipinski definition) is 2. The zero-order chi connectivity index (χ0) is 11.6. The number of methoxy groups -OCH3 is 1. The molecule has 0 bridgehead atoms. The first-order valence-electron chi connectivity index (χ1n) is 6.03. The van der Waals surface area contributed by atoms with E-state index in [4.69, 9.17) is 0 Å². The Morgan fingerprint density at radius 3 is 2.12 bits per heavy atom. The van der Waals surface area contributed by atoms with E-state index in [1.54, 1.807) is 14.2 Å². The number of ether oxygens (including phenoxy) is 1. The highest BCUT2D eigenvalue weighted by Gasteiger charge is 2.09. The minimum absolute atomic E-state index is 1.14. The number of nitrogens with zero attached hydrogens (tertiary/aromatic N) is 1. The minimum atomic E-state index is 1.14. The minimum Gasteiger partial charge on any atom is -0.388 e. The van der Waals surface area contributed by atoms with E-state index in [0.29, 0.717) is 0 Å². The Kier molecular flexibility index (Phi) is 6.86. The van der Waals surface area contributed by atoms with Crippen LogP contribution in [0.2, 0.25) is 0 Å². The van der Waals surface area contributed by atoms with Gasteiger partial charge in [0.1, 0.15) is 0 Å². The van der Waals surface area contributed by atoms with Crippen LogP contribution < -0.4 is 0 Å². The number of likely N-dealkylation sites (tertiary alicyclic amines) is 1. The quantitative estimate of drug-likeness (QED) is 0.761. The molecule has 1 aliphatic heterocycles. The third-order valence-electron chi connectivity index (χ3n) is 2.70. The van der Waals surface area contributed by atoms with Crippen molar-refractivity contribution in [3.63, 3.8) is 0 Å². The standard InChI is InChI=1S/C12H17N.C2H6O/c1-3-7-12(8-4-1)11-13-9-5-2-6-10-13;1-3-2/h1,3-4,7-8H,2,5-6,9-11H2;1-2H3. The van der Waals surface area contributed by atoms with E-state index in [0.717, 1.165) is 6.54 Å². The zero-order valence-corrected chi connectivity index (χ0v) is 10.5. The molecule has 2 rings (SSSR count). The number of benzene rings is 1. The topological polar surface area (TPSA) is 12.5 Å². The lowest BCUT2D eigenvalue weighted by Crippen LogP contribution is -2.28. The van der Waals surface area contributed by atoms with Gasteiger partial charge in [0.05, 0.1) is 0 Å². The summed E-state index contributed by atoms with van der Waals surface area (Å²) in [5, 5.41) is 0. The summed E-state index contributed by atoms with van der Waals surface area (Å²) < 4.78 is 4.25. The summed E-state index contributed by atoms with van der Waals surface area (Å²) >= 11 is 0. The van der Waals surface area contributed by atoms with E-state index in [1.165, 1.54) is 37.9 Å². The van der Waals surface area contributed by atoms with Crippen molar-refractivity contribution in [2.24, 2.45) is 0 Å². The Hall–Kier alpha value is -0.860. The average Bonchev–Trinajstić information content (AvgIpc) is 2.33. The summed E-state index contributed by atoms with van der Waals surface area (Å²) in [6.07, 6.45) is 4.19. The normalized spacial score (nSPS) is 16.4. The lowest BCUT2D eigenvalue weighted by molar-refractivity contribution is 0.221. The number of hydrogen-bond donors (Lipinski definition) is 0. The van der Waals surface area contributed by atoms with Crippen LogP contribution in [0.25, 0.3) is 0 Å². The molecule has 1 aromatic carbocycles. The van der Waals surface area contributed by atoms with Crippen LogP contribution in [0.3, 0.4) is 0 Å². The van der Waals surface area contributed by atoms with Gasteiger partial charge in [0.25, 0.3) is 0 Å². The second-order valence-electron chi connectivity index (χ2n) is 4.23. The number of piperidine rings is 1. The molecular weight excluding hydrogens is 198 g/mol. The van der Waals surface area contributed by atoms with Crippen molar-refractivity contribution in [1.82, 2.24) is 4.90 Å². The maximum Gasteiger partial charge on any atom is 0.0351 e. The average molecular weight is 221 g/mol. The summed E-state index contributed by atoms with van der Waals surface area (Å²) in [4.78, 5) is 2.55. The fourth-order valence-corrected chi connectivity index (χ4v) is 1.96. The van der Waals surface area contributed by atoms with Gasteiger partial charge in [0, 0.05) is 20.8 Å². The zero-order valence-electron chi connectivity index (χ0n) is 10.5. The summed E-state index contributed by atoms with van der Waals surface area (Å²) in [5.74, 6) is 0. The Bertz CT molecular complexity index is 255. The molecular formula is C14H23NO. The molecule has 0 unspecified atom stereocenters. The molecule has 2 heteroatoms. The first-order valence-corrected chi connectivity index (χ1v) is 6.03. The lowest BCUT2D eigenvalue weighted by Gasteiger charge is -2.26. The van der Waals surface area contributed by atoms with Crippen molar-refractivity contribution >= 4 is 0 Å². The van der Waals surface area contributed by atoms with Crippen molar-refractivity contribution in [3.05, 3.63) is 35.9 Å². The van der Waals surface area contributed by atoms with Crippen LogP contribution in [0.5, 0.6) is 0 Å².